The first-order chi connectivity index (χ1) is 7.39. The van der Waals surface area contributed by atoms with Crippen LogP contribution in [0.5, 0.6) is 0 Å². The van der Waals surface area contributed by atoms with Gasteiger partial charge in [-0.25, -0.2) is 9.50 Å². The van der Waals surface area contributed by atoms with Crippen LogP contribution in [0.1, 0.15) is 51.8 Å². The van der Waals surface area contributed by atoms with Crippen LogP contribution in [0, 0.1) is 0 Å². The molecule has 2 aromatic rings. The molecular weight excluding hydrogens is 198 g/mol. The summed E-state index contributed by atoms with van der Waals surface area (Å²) in [6.07, 6.45) is 3.83. The fraction of sp³-hybridized carbons (Fsp3) is 0.538. The minimum atomic E-state index is 0.110. The number of aromatic nitrogens is 3. The lowest BCUT2D eigenvalue weighted by atomic mass is 9.89. The molecule has 86 valence electrons. The molecular formula is C13H19N3. The van der Waals surface area contributed by atoms with E-state index < -0.39 is 0 Å². The lowest BCUT2D eigenvalue weighted by Crippen LogP contribution is -2.12. The van der Waals surface area contributed by atoms with Crippen molar-refractivity contribution in [2.75, 3.05) is 0 Å². The Kier molecular flexibility index (Phi) is 2.49. The molecule has 0 aliphatic heterocycles. The monoisotopic (exact) mass is 217 g/mol. The van der Waals surface area contributed by atoms with Crippen LogP contribution in [0.25, 0.3) is 5.65 Å². The van der Waals surface area contributed by atoms with E-state index in [0.29, 0.717) is 5.92 Å². The van der Waals surface area contributed by atoms with Crippen molar-refractivity contribution < 1.29 is 0 Å². The fourth-order valence-electron chi connectivity index (χ4n) is 1.75. The number of hydrogen-bond donors (Lipinski definition) is 0. The first-order valence-electron chi connectivity index (χ1n) is 5.74. The van der Waals surface area contributed by atoms with Crippen molar-refractivity contribution in [1.82, 2.24) is 14.6 Å². The zero-order valence-electron chi connectivity index (χ0n) is 10.7. The van der Waals surface area contributed by atoms with E-state index in [9.17, 15) is 0 Å². The van der Waals surface area contributed by atoms with Gasteiger partial charge in [0, 0.05) is 11.8 Å². The van der Waals surface area contributed by atoms with E-state index in [4.69, 9.17) is 4.98 Å². The van der Waals surface area contributed by atoms with E-state index in [-0.39, 0.29) is 5.41 Å². The first-order valence-corrected chi connectivity index (χ1v) is 5.74. The predicted octanol–water partition coefficient (Wildman–Crippen LogP) is 3.15. The summed E-state index contributed by atoms with van der Waals surface area (Å²) in [7, 11) is 0. The highest BCUT2D eigenvalue weighted by molar-refractivity contribution is 5.51. The third-order valence-corrected chi connectivity index (χ3v) is 2.79. The summed E-state index contributed by atoms with van der Waals surface area (Å²) >= 11 is 0. The zero-order valence-corrected chi connectivity index (χ0v) is 10.7. The molecule has 0 aliphatic rings. The van der Waals surface area contributed by atoms with E-state index >= 15 is 0 Å². The Morgan fingerprint density at radius 3 is 2.50 bits per heavy atom. The molecule has 0 aliphatic carbocycles. The average molecular weight is 217 g/mol. The second kappa shape index (κ2) is 3.58. The molecule has 0 aromatic carbocycles. The van der Waals surface area contributed by atoms with E-state index in [1.54, 1.807) is 0 Å². The van der Waals surface area contributed by atoms with Gasteiger partial charge in [-0.05, 0) is 17.4 Å². The second-order valence-corrected chi connectivity index (χ2v) is 5.58. The second-order valence-electron chi connectivity index (χ2n) is 5.58. The summed E-state index contributed by atoms with van der Waals surface area (Å²) in [6, 6.07) is 2.11. The lowest BCUT2D eigenvalue weighted by Gasteiger charge is -2.17. The van der Waals surface area contributed by atoms with E-state index in [1.165, 1.54) is 5.56 Å². The van der Waals surface area contributed by atoms with E-state index in [2.05, 4.69) is 45.8 Å². The van der Waals surface area contributed by atoms with Gasteiger partial charge in [-0.2, -0.15) is 5.10 Å². The minimum absolute atomic E-state index is 0.110. The van der Waals surface area contributed by atoms with Crippen LogP contribution in [0.2, 0.25) is 0 Å². The van der Waals surface area contributed by atoms with Gasteiger partial charge in [0.05, 0.1) is 11.9 Å². The van der Waals surface area contributed by atoms with Gasteiger partial charge in [-0.15, -0.1) is 0 Å². The third kappa shape index (κ3) is 1.82. The molecule has 3 nitrogen and oxygen atoms in total. The van der Waals surface area contributed by atoms with Crippen molar-refractivity contribution in [2.45, 2.75) is 46.0 Å². The van der Waals surface area contributed by atoms with Gasteiger partial charge < -0.3 is 0 Å². The molecule has 0 saturated carbocycles. The van der Waals surface area contributed by atoms with Crippen molar-refractivity contribution in [2.24, 2.45) is 0 Å². The minimum Gasteiger partial charge on any atom is -0.231 e. The number of hydrogen-bond acceptors (Lipinski definition) is 2. The van der Waals surface area contributed by atoms with Gasteiger partial charge in [-0.1, -0.05) is 34.6 Å². The standard InChI is InChI=1S/C13H19N3/c1-9(2)11-8-14-16-7-6-10(12(16)15-11)13(3,4)5/h6-9H,1-5H3. The van der Waals surface area contributed by atoms with Crippen LogP contribution in [-0.4, -0.2) is 14.6 Å². The first kappa shape index (κ1) is 11.1. The Morgan fingerprint density at radius 1 is 1.25 bits per heavy atom. The molecule has 0 bridgehead atoms. The van der Waals surface area contributed by atoms with Crippen molar-refractivity contribution in [3.05, 3.63) is 29.7 Å². The molecule has 0 saturated heterocycles. The number of rotatable bonds is 1. The highest BCUT2D eigenvalue weighted by Gasteiger charge is 2.19. The van der Waals surface area contributed by atoms with E-state index in [1.807, 2.05) is 16.9 Å². The molecule has 2 aromatic heterocycles. The summed E-state index contributed by atoms with van der Waals surface area (Å²) in [5.74, 6) is 0.417. The van der Waals surface area contributed by atoms with Crippen molar-refractivity contribution in [3.8, 4) is 0 Å². The molecule has 0 unspecified atom stereocenters. The Labute approximate surface area is 96.5 Å². The fourth-order valence-corrected chi connectivity index (χ4v) is 1.75. The molecule has 0 radical (unpaired) electrons. The van der Waals surface area contributed by atoms with Crippen molar-refractivity contribution in [3.63, 3.8) is 0 Å². The van der Waals surface area contributed by atoms with Gasteiger partial charge in [0.1, 0.15) is 0 Å². The SMILES string of the molecule is CC(C)c1cnn2ccc(C(C)(C)C)c2n1. The third-order valence-electron chi connectivity index (χ3n) is 2.79. The molecule has 0 fully saturated rings. The Bertz CT molecular complexity index is 503. The van der Waals surface area contributed by atoms with Crippen LogP contribution >= 0.6 is 0 Å². The molecule has 0 N–H and O–H groups in total. The normalized spacial score (nSPS) is 12.6. The van der Waals surface area contributed by atoms with Crippen molar-refractivity contribution in [1.29, 1.82) is 0 Å². The van der Waals surface area contributed by atoms with Crippen LogP contribution in [0.3, 0.4) is 0 Å². The van der Waals surface area contributed by atoms with Crippen LogP contribution in [-0.2, 0) is 5.41 Å². The molecule has 0 atom stereocenters. The predicted molar refractivity (Wildman–Crippen MR) is 65.8 cm³/mol. The molecule has 2 heterocycles. The summed E-state index contributed by atoms with van der Waals surface area (Å²) in [6.45, 7) is 10.9. The Balaban J connectivity index is 2.65. The molecule has 2 rings (SSSR count). The van der Waals surface area contributed by atoms with Gasteiger partial charge in [-0.3, -0.25) is 0 Å². The van der Waals surface area contributed by atoms with Crippen LogP contribution in [0.4, 0.5) is 0 Å². The molecule has 0 spiro atoms. The Hall–Kier alpha value is -1.38. The van der Waals surface area contributed by atoms with Gasteiger partial charge in [0.2, 0.25) is 0 Å². The highest BCUT2D eigenvalue weighted by atomic mass is 15.2. The molecule has 3 heteroatoms. The average Bonchev–Trinajstić information content (AvgIpc) is 2.58. The van der Waals surface area contributed by atoms with Crippen LogP contribution < -0.4 is 0 Å². The highest BCUT2D eigenvalue weighted by Crippen LogP contribution is 2.26. The summed E-state index contributed by atoms with van der Waals surface area (Å²) in [5.41, 5.74) is 3.40. The summed E-state index contributed by atoms with van der Waals surface area (Å²) < 4.78 is 1.85. The van der Waals surface area contributed by atoms with Gasteiger partial charge >= 0.3 is 0 Å². The van der Waals surface area contributed by atoms with Crippen molar-refractivity contribution >= 4 is 5.65 Å². The molecule has 0 amide bonds. The maximum absolute atomic E-state index is 4.70. The lowest BCUT2D eigenvalue weighted by molar-refractivity contribution is 0.593. The maximum atomic E-state index is 4.70. The van der Waals surface area contributed by atoms with Gasteiger partial charge in [0.15, 0.2) is 5.65 Å². The topological polar surface area (TPSA) is 30.2 Å². The number of nitrogens with zero attached hydrogens (tertiary/aromatic N) is 3. The maximum Gasteiger partial charge on any atom is 0.157 e. The Morgan fingerprint density at radius 2 is 1.94 bits per heavy atom. The van der Waals surface area contributed by atoms with Crippen LogP contribution in [0.15, 0.2) is 18.5 Å². The van der Waals surface area contributed by atoms with E-state index in [0.717, 1.165) is 11.3 Å². The smallest absolute Gasteiger partial charge is 0.157 e. The van der Waals surface area contributed by atoms with Gasteiger partial charge in [0.25, 0.3) is 0 Å². The molecule has 16 heavy (non-hydrogen) atoms. The summed E-state index contributed by atoms with van der Waals surface area (Å²) in [5, 5.41) is 4.39. The summed E-state index contributed by atoms with van der Waals surface area (Å²) in [4.78, 5) is 4.70. The quantitative estimate of drug-likeness (QED) is 0.734. The zero-order chi connectivity index (χ0) is 11.9. The number of fused-ring (bicyclic) bond motifs is 1. The largest absolute Gasteiger partial charge is 0.231 e.